The number of aromatic nitrogens is 4. The molecule has 23 nitrogen and oxygen atoms in total. The molecule has 2 saturated heterocycles. The third kappa shape index (κ3) is 20.8. The summed E-state index contributed by atoms with van der Waals surface area (Å²) in [4.78, 5) is 66.6. The number of phenolic OH excluding ortho intramolecular Hbond substituents is 1. The average Bonchev–Trinajstić information content (AvgIpc) is 0.778. The summed E-state index contributed by atoms with van der Waals surface area (Å²) in [5, 5.41) is 23.3. The van der Waals surface area contributed by atoms with E-state index in [9.17, 15) is 63.8 Å². The number of ether oxygens (including phenoxy) is 7. The Labute approximate surface area is 686 Å². The van der Waals surface area contributed by atoms with Crippen LogP contribution in [0.25, 0.3) is 43.6 Å². The van der Waals surface area contributed by atoms with Crippen molar-refractivity contribution in [2.75, 3.05) is 74.4 Å². The van der Waals surface area contributed by atoms with Gasteiger partial charge in [-0.1, -0.05) is 71.1 Å². The zero-order chi connectivity index (χ0) is 83.8. The molecule has 2 N–H and O–H groups in total. The lowest BCUT2D eigenvalue weighted by atomic mass is 9.99. The van der Waals surface area contributed by atoms with Crippen LogP contribution in [0.15, 0.2) is 170 Å². The number of pyridine rings is 4. The molecule has 0 radical (unpaired) electrons. The van der Waals surface area contributed by atoms with E-state index in [2.05, 4.69) is 42.5 Å². The molecule has 0 aliphatic carbocycles. The van der Waals surface area contributed by atoms with E-state index < -0.39 is 43.9 Å². The minimum absolute atomic E-state index is 0.0603. The largest absolute Gasteiger partial charge is 0.505 e. The van der Waals surface area contributed by atoms with Crippen LogP contribution in [0.1, 0.15) is 134 Å². The molecule has 610 valence electrons. The number of carbonyl (C=O) groups is 4. The van der Waals surface area contributed by atoms with E-state index in [1.807, 2.05) is 24.3 Å². The van der Waals surface area contributed by atoms with Gasteiger partial charge in [0.15, 0.2) is 23.0 Å². The normalized spacial score (nSPS) is 13.7. The highest BCUT2D eigenvalue weighted by molar-refractivity contribution is 14.1. The summed E-state index contributed by atoms with van der Waals surface area (Å²) in [6.45, 7) is 0.735. The molecule has 8 aromatic carbocycles. The van der Waals surface area contributed by atoms with Gasteiger partial charge in [-0.15, -0.1) is 0 Å². The lowest BCUT2D eigenvalue weighted by Crippen LogP contribution is -2.37. The van der Waals surface area contributed by atoms with Gasteiger partial charge < -0.3 is 43.4 Å². The maximum Gasteiger partial charge on any atom is 0.341 e. The number of hydrogen-bond donors (Lipinski definition) is 2. The van der Waals surface area contributed by atoms with Gasteiger partial charge >= 0.3 is 23.9 Å². The lowest BCUT2D eigenvalue weighted by Gasteiger charge is -2.27. The van der Waals surface area contributed by atoms with Gasteiger partial charge in [-0.25, -0.2) is 53.6 Å². The monoisotopic (exact) mass is 1750 g/mol. The van der Waals surface area contributed by atoms with E-state index in [1.54, 1.807) is 91.5 Å². The van der Waals surface area contributed by atoms with E-state index in [4.69, 9.17) is 33.2 Å². The molecule has 2 aliphatic heterocycles. The molecule has 2 aliphatic rings. The van der Waals surface area contributed by atoms with Gasteiger partial charge in [0.1, 0.15) is 67.6 Å². The SMILES string of the molecule is COC(=O)c1cc(CI)c2cc(Cc3ccc(F)cc3)cnc2c1OC.COC(=O)c1cc(CN2CCCCS2(=O)=O)c2cc(Cc3ccc(F)cc3)cnc2c1O.COC(=O)c1cc(CN2CCCCS2(=O)=O)c2cc(Cc3ccc(F)cc3)cnc2c1OC.COC(=O)c1cc(CO)c2cc(Cc3ccc(F)cc3)cnc2c1OC. The number of halogens is 5. The number of methoxy groups -OCH3 is 7. The maximum atomic E-state index is 13.3. The summed E-state index contributed by atoms with van der Waals surface area (Å²) < 4.78 is 142. The van der Waals surface area contributed by atoms with Crippen molar-refractivity contribution in [1.82, 2.24) is 28.5 Å². The van der Waals surface area contributed by atoms with Gasteiger partial charge in [-0.2, -0.15) is 8.61 Å². The van der Waals surface area contributed by atoms with Crippen molar-refractivity contribution in [3.8, 4) is 23.0 Å². The number of carbonyl (C=O) groups excluding carboxylic acids is 4. The summed E-state index contributed by atoms with van der Waals surface area (Å²) in [5.41, 5.74) is 12.5. The molecular weight excluding hydrogens is 1670 g/mol. The van der Waals surface area contributed by atoms with Crippen molar-refractivity contribution >= 4 is 110 Å². The minimum atomic E-state index is -3.40. The molecule has 0 spiro atoms. The Morgan fingerprint density at radius 3 is 0.957 bits per heavy atom. The van der Waals surface area contributed by atoms with Crippen molar-refractivity contribution in [1.29, 1.82) is 0 Å². The second kappa shape index (κ2) is 39.1. The number of esters is 4. The Bertz CT molecular complexity index is 5760. The smallest absolute Gasteiger partial charge is 0.341 e. The number of rotatable bonds is 21. The second-order valence-electron chi connectivity index (χ2n) is 27.4. The van der Waals surface area contributed by atoms with Crippen LogP contribution in [0.4, 0.5) is 17.6 Å². The van der Waals surface area contributed by atoms with Crippen LogP contribution >= 0.6 is 22.6 Å². The van der Waals surface area contributed by atoms with Crippen molar-refractivity contribution < 1.29 is 96.9 Å². The summed E-state index contributed by atoms with van der Waals surface area (Å²) in [5.74, 6) is -2.63. The van der Waals surface area contributed by atoms with Gasteiger partial charge in [-0.05, 0) is 215 Å². The van der Waals surface area contributed by atoms with Crippen molar-refractivity contribution in [2.24, 2.45) is 0 Å². The molecule has 0 unspecified atom stereocenters. The lowest BCUT2D eigenvalue weighted by molar-refractivity contribution is 0.0588. The zero-order valence-corrected chi connectivity index (χ0v) is 68.7. The fourth-order valence-corrected chi connectivity index (χ4v) is 17.6. The van der Waals surface area contributed by atoms with E-state index >= 15 is 0 Å². The fraction of sp³-hybridized carbons (Fsp3) is 0.264. The Hall–Kier alpha value is -11.3. The quantitative estimate of drug-likeness (QED) is 0.0222. The number of sulfonamides is 2. The summed E-state index contributed by atoms with van der Waals surface area (Å²) in [7, 11) is 2.74. The maximum absolute atomic E-state index is 13.3. The van der Waals surface area contributed by atoms with Crippen molar-refractivity contribution in [2.45, 2.75) is 75.5 Å². The predicted octanol–water partition coefficient (Wildman–Crippen LogP) is 15.0. The molecule has 12 aromatic rings. The first-order chi connectivity index (χ1) is 56.2. The number of nitrogens with zero attached hydrogens (tertiary/aromatic N) is 6. The number of benzene rings is 8. The first-order valence-electron chi connectivity index (χ1n) is 36.8. The number of aliphatic hydroxyl groups excluding tert-OH is 1. The van der Waals surface area contributed by atoms with Gasteiger partial charge in [0.2, 0.25) is 20.0 Å². The molecule has 0 bridgehead atoms. The molecular formula is C87H83F4IN6O17S2. The highest BCUT2D eigenvalue weighted by Crippen LogP contribution is 2.39. The van der Waals surface area contributed by atoms with E-state index in [0.717, 1.165) is 68.3 Å². The molecule has 0 atom stereocenters. The standard InChI is InChI=1S/C24H25FN2O5S.C23H23FN2O5S.C20H17FINO3.C20H18FNO4/c1-31-23-21(24(28)32-2)13-18(15-27-9-3-4-10-33(27,29)30)20-12-17(14-26-22(20)23)11-16-5-7-19(25)8-6-16;1-31-23(28)20-12-17(14-26-8-2-3-9-32(26,29)30)19-11-16(13-25-21(19)22(20)27)10-15-4-6-18(24)7-5-15;1-25-19-17(20(24)26-2)9-14(10-22)16-8-13(11-23-18(16)19)7-12-3-5-15(21)6-4-12;1-25-19-17(20(24)26-2)9-14(11-23)16-8-13(10-22-18(16)19)7-12-3-5-15(21)6-4-12/h5-8,12-14H,3-4,9-11,15H2,1-2H3;4-7,11-13,27H,2-3,8-10,14H2,1H3;3-6,8-9,11H,7,10H2,1-2H3;3-6,8-10,23H,7,11H2,1-2H3. The summed E-state index contributed by atoms with van der Waals surface area (Å²) in [6.07, 6.45) is 11.7. The highest BCUT2D eigenvalue weighted by Gasteiger charge is 2.31. The zero-order valence-electron chi connectivity index (χ0n) is 64.9. The van der Waals surface area contributed by atoms with Crippen LogP contribution < -0.4 is 14.2 Å². The highest BCUT2D eigenvalue weighted by atomic mass is 127. The van der Waals surface area contributed by atoms with Crippen LogP contribution in [-0.2, 0) is 88.8 Å². The van der Waals surface area contributed by atoms with Crippen molar-refractivity contribution in [3.05, 3.63) is 283 Å². The number of hydrogen-bond acceptors (Lipinski definition) is 21. The third-order valence-electron chi connectivity index (χ3n) is 19.7. The summed E-state index contributed by atoms with van der Waals surface area (Å²) in [6, 6.07) is 39.1. The number of fused-ring (bicyclic) bond motifs is 4. The number of alkyl halides is 1. The molecule has 2 fully saturated rings. The fourth-order valence-electron chi connectivity index (χ4n) is 13.9. The topological polar surface area (TPSA) is 300 Å². The van der Waals surface area contributed by atoms with E-state index in [1.165, 1.54) is 113 Å². The number of aromatic hydroxyl groups is 1. The predicted molar refractivity (Wildman–Crippen MR) is 441 cm³/mol. The molecule has 30 heteroatoms. The minimum Gasteiger partial charge on any atom is -0.505 e. The van der Waals surface area contributed by atoms with Gasteiger partial charge in [0.25, 0.3) is 0 Å². The van der Waals surface area contributed by atoms with Gasteiger partial charge in [0, 0.05) is 76.9 Å². The first kappa shape index (κ1) is 86.6. The van der Waals surface area contributed by atoms with Crippen LogP contribution in [0.5, 0.6) is 23.0 Å². The third-order valence-corrected chi connectivity index (χ3v) is 24.4. The molecule has 117 heavy (non-hydrogen) atoms. The Morgan fingerprint density at radius 1 is 0.385 bits per heavy atom. The second-order valence-corrected chi connectivity index (χ2v) is 32.4. The van der Waals surface area contributed by atoms with Gasteiger partial charge in [0.05, 0.1) is 67.9 Å². The molecule has 6 heterocycles. The van der Waals surface area contributed by atoms with E-state index in [-0.39, 0.29) is 88.2 Å². The molecule has 4 aromatic heterocycles. The average molecular weight is 1750 g/mol. The van der Waals surface area contributed by atoms with E-state index in [0.29, 0.717) is 123 Å². The number of aliphatic hydroxyl groups is 1. The summed E-state index contributed by atoms with van der Waals surface area (Å²) >= 11 is 2.25. The van der Waals surface area contributed by atoms with Gasteiger partial charge in [-0.3, -0.25) is 19.9 Å². The van der Waals surface area contributed by atoms with Crippen LogP contribution in [0.3, 0.4) is 0 Å². The van der Waals surface area contributed by atoms with Crippen molar-refractivity contribution in [3.63, 3.8) is 0 Å². The van der Waals surface area contributed by atoms with Crippen LogP contribution in [-0.4, -0.2) is 154 Å². The molecule has 0 amide bonds. The molecule has 0 saturated carbocycles. The number of phenols is 1. The Kier molecular flexibility index (Phi) is 28.9. The van der Waals surface area contributed by atoms with Crippen LogP contribution in [0, 0.1) is 23.3 Å². The first-order valence-corrected chi connectivity index (χ1v) is 41.5. The Morgan fingerprint density at radius 2 is 0.658 bits per heavy atom. The van der Waals surface area contributed by atoms with Crippen LogP contribution in [0.2, 0.25) is 0 Å². The Balaban J connectivity index is 0.000000154. The molecule has 14 rings (SSSR count).